The Balaban J connectivity index is 2.35. The van der Waals surface area contributed by atoms with Crippen LogP contribution in [0.4, 0.5) is 15.8 Å². The van der Waals surface area contributed by atoms with Crippen molar-refractivity contribution in [2.75, 3.05) is 18.8 Å². The molecule has 1 aromatic carbocycles. The molecule has 1 aliphatic heterocycles. The predicted molar refractivity (Wildman–Crippen MR) is 59.6 cm³/mol. The van der Waals surface area contributed by atoms with Crippen LogP contribution in [0, 0.1) is 11.0 Å². The maximum absolute atomic E-state index is 13.6. The summed E-state index contributed by atoms with van der Waals surface area (Å²) in [6.45, 7) is 0.946. The van der Waals surface area contributed by atoms with Gasteiger partial charge in [0.1, 0.15) is 0 Å². The van der Waals surface area contributed by atoms with E-state index in [1.165, 1.54) is 12.1 Å². The zero-order chi connectivity index (χ0) is 10.9. The van der Waals surface area contributed by atoms with Gasteiger partial charge in [-0.3, -0.25) is 0 Å². The Bertz CT molecular complexity index is 362. The van der Waals surface area contributed by atoms with Crippen molar-refractivity contribution in [1.82, 2.24) is 4.65 Å². The van der Waals surface area contributed by atoms with Crippen LogP contribution in [-0.4, -0.2) is 13.1 Å². The van der Waals surface area contributed by atoms with Gasteiger partial charge in [0.15, 0.2) is 11.5 Å². The van der Waals surface area contributed by atoms with Gasteiger partial charge in [0.05, 0.1) is 13.1 Å². The number of nitrogens with zero attached hydrogens (tertiary/aromatic N) is 1. The fourth-order valence-corrected chi connectivity index (χ4v) is 2.12. The molecule has 82 valence electrons. The number of halogens is 1. The fraction of sp³-hybridized carbons (Fsp3) is 0.455. The van der Waals surface area contributed by atoms with E-state index in [4.69, 9.17) is 5.73 Å². The molecule has 2 rings (SSSR count). The van der Waals surface area contributed by atoms with Crippen LogP contribution in [0.25, 0.3) is 0 Å². The number of quaternary nitrogens is 1. The van der Waals surface area contributed by atoms with Gasteiger partial charge in [0.2, 0.25) is 0 Å². The van der Waals surface area contributed by atoms with Gasteiger partial charge in [0.25, 0.3) is 0 Å². The van der Waals surface area contributed by atoms with Crippen LogP contribution in [0.15, 0.2) is 18.2 Å². The molecule has 0 amide bonds. The maximum atomic E-state index is 13.6. The van der Waals surface area contributed by atoms with E-state index in [2.05, 4.69) is 0 Å². The number of nitrogens with two attached hydrogens (primary N) is 1. The average molecular weight is 210 g/mol. The van der Waals surface area contributed by atoms with Gasteiger partial charge in [-0.25, -0.2) is 4.39 Å². The van der Waals surface area contributed by atoms with Crippen molar-refractivity contribution >= 4 is 11.4 Å². The van der Waals surface area contributed by atoms with Crippen molar-refractivity contribution in [2.24, 2.45) is 0 Å². The van der Waals surface area contributed by atoms with Gasteiger partial charge in [-0.05, 0) is 25.3 Å². The third-order valence-corrected chi connectivity index (χ3v) is 2.95. The Hall–Kier alpha value is -1.13. The first-order valence-electron chi connectivity index (χ1n) is 5.25. The minimum Gasteiger partial charge on any atom is -0.627 e. The molecule has 0 aromatic heterocycles. The fourth-order valence-electron chi connectivity index (χ4n) is 2.12. The van der Waals surface area contributed by atoms with Crippen molar-refractivity contribution in [3.05, 3.63) is 29.2 Å². The van der Waals surface area contributed by atoms with Crippen molar-refractivity contribution in [2.45, 2.75) is 19.3 Å². The number of hydrogen-bond donors (Lipinski definition) is 1. The SMILES string of the molecule is Nc1ccc([N+]2([O-])CCCCC2)c(F)c1. The lowest BCUT2D eigenvalue weighted by Gasteiger charge is -2.44. The molecule has 0 spiro atoms. The Morgan fingerprint density at radius 2 is 1.87 bits per heavy atom. The molecule has 2 N–H and O–H groups in total. The van der Waals surface area contributed by atoms with Gasteiger partial charge < -0.3 is 15.6 Å². The van der Waals surface area contributed by atoms with Gasteiger partial charge >= 0.3 is 0 Å². The van der Waals surface area contributed by atoms with E-state index in [1.54, 1.807) is 6.07 Å². The number of hydrogen-bond acceptors (Lipinski definition) is 2. The van der Waals surface area contributed by atoms with Crippen molar-refractivity contribution in [1.29, 1.82) is 0 Å². The summed E-state index contributed by atoms with van der Waals surface area (Å²) in [7, 11) is 0. The number of benzene rings is 1. The highest BCUT2D eigenvalue weighted by atomic mass is 19.1. The highest BCUT2D eigenvalue weighted by molar-refractivity contribution is 5.52. The molecule has 1 saturated heterocycles. The summed E-state index contributed by atoms with van der Waals surface area (Å²) in [5.41, 5.74) is 6.04. The summed E-state index contributed by atoms with van der Waals surface area (Å²) in [4.78, 5) is 0. The van der Waals surface area contributed by atoms with Crippen molar-refractivity contribution < 1.29 is 4.39 Å². The highest BCUT2D eigenvalue weighted by Gasteiger charge is 2.26. The van der Waals surface area contributed by atoms with E-state index in [-0.39, 0.29) is 5.69 Å². The number of nitrogen functional groups attached to an aromatic ring is 1. The lowest BCUT2D eigenvalue weighted by Crippen LogP contribution is -2.47. The van der Waals surface area contributed by atoms with Crippen molar-refractivity contribution in [3.8, 4) is 0 Å². The Morgan fingerprint density at radius 1 is 1.20 bits per heavy atom. The van der Waals surface area contributed by atoms with E-state index >= 15 is 0 Å². The minimum absolute atomic E-state index is 0.226. The molecule has 4 heteroatoms. The van der Waals surface area contributed by atoms with Crippen LogP contribution in [0.1, 0.15) is 19.3 Å². The lowest BCUT2D eigenvalue weighted by molar-refractivity contribution is 0.299. The van der Waals surface area contributed by atoms with Crippen LogP contribution in [-0.2, 0) is 0 Å². The largest absolute Gasteiger partial charge is 0.627 e. The maximum Gasteiger partial charge on any atom is 0.186 e. The van der Waals surface area contributed by atoms with Gasteiger partial charge in [0, 0.05) is 17.8 Å². The van der Waals surface area contributed by atoms with E-state index in [9.17, 15) is 9.60 Å². The molecular weight excluding hydrogens is 195 g/mol. The van der Waals surface area contributed by atoms with Crippen LogP contribution in [0.3, 0.4) is 0 Å². The molecule has 0 bridgehead atoms. The molecule has 1 aromatic rings. The monoisotopic (exact) mass is 210 g/mol. The summed E-state index contributed by atoms with van der Waals surface area (Å²) < 4.78 is 13.0. The molecule has 3 nitrogen and oxygen atoms in total. The first-order valence-corrected chi connectivity index (χ1v) is 5.25. The van der Waals surface area contributed by atoms with E-state index < -0.39 is 10.5 Å². The molecule has 0 atom stereocenters. The van der Waals surface area contributed by atoms with Crippen LogP contribution in [0.5, 0.6) is 0 Å². The van der Waals surface area contributed by atoms with E-state index in [0.29, 0.717) is 18.8 Å². The minimum atomic E-state index is -0.536. The summed E-state index contributed by atoms with van der Waals surface area (Å²) in [6.07, 6.45) is 2.81. The molecule has 0 unspecified atom stereocenters. The second-order valence-electron chi connectivity index (χ2n) is 4.11. The van der Waals surface area contributed by atoms with E-state index in [0.717, 1.165) is 19.3 Å². The summed E-state index contributed by atoms with van der Waals surface area (Å²) in [5, 5.41) is 12.3. The van der Waals surface area contributed by atoms with Crippen molar-refractivity contribution in [3.63, 3.8) is 0 Å². The quantitative estimate of drug-likeness (QED) is 0.439. The number of rotatable bonds is 1. The molecular formula is C11H15FN2O. The summed E-state index contributed by atoms with van der Waals surface area (Å²) in [5.74, 6) is -0.480. The summed E-state index contributed by atoms with van der Waals surface area (Å²) in [6, 6.07) is 4.33. The van der Waals surface area contributed by atoms with Gasteiger partial charge in [-0.15, -0.1) is 0 Å². The van der Waals surface area contributed by atoms with Crippen LogP contribution >= 0.6 is 0 Å². The zero-order valence-electron chi connectivity index (χ0n) is 8.58. The average Bonchev–Trinajstić information content (AvgIpc) is 2.18. The smallest absolute Gasteiger partial charge is 0.186 e. The number of piperidine rings is 1. The second kappa shape index (κ2) is 3.79. The predicted octanol–water partition coefficient (Wildman–Crippen LogP) is 2.40. The zero-order valence-corrected chi connectivity index (χ0v) is 8.58. The third-order valence-electron chi connectivity index (χ3n) is 2.95. The summed E-state index contributed by atoms with van der Waals surface area (Å²) >= 11 is 0. The second-order valence-corrected chi connectivity index (χ2v) is 4.11. The molecule has 1 heterocycles. The Labute approximate surface area is 88.5 Å². The molecule has 0 aliphatic carbocycles. The highest BCUT2D eigenvalue weighted by Crippen LogP contribution is 2.30. The molecule has 15 heavy (non-hydrogen) atoms. The van der Waals surface area contributed by atoms with Crippen LogP contribution in [0.2, 0.25) is 0 Å². The number of hydroxylamine groups is 2. The molecule has 0 radical (unpaired) electrons. The number of anilines is 1. The van der Waals surface area contributed by atoms with Gasteiger partial charge in [-0.2, -0.15) is 0 Å². The molecule has 0 saturated carbocycles. The topological polar surface area (TPSA) is 49.1 Å². The lowest BCUT2D eigenvalue weighted by atomic mass is 10.1. The van der Waals surface area contributed by atoms with Crippen LogP contribution < -0.4 is 10.4 Å². The molecule has 1 aliphatic rings. The first-order chi connectivity index (χ1) is 7.12. The van der Waals surface area contributed by atoms with Gasteiger partial charge in [-0.1, -0.05) is 0 Å². The molecule has 1 fully saturated rings. The Morgan fingerprint density at radius 3 is 2.47 bits per heavy atom. The normalized spacial score (nSPS) is 20.1. The first kappa shape index (κ1) is 10.4. The standard InChI is InChI=1S/C11H15FN2O/c12-10-8-9(13)4-5-11(10)14(15)6-2-1-3-7-14/h4-5,8H,1-3,6-7,13H2. The Kier molecular flexibility index (Phi) is 2.63. The van der Waals surface area contributed by atoms with E-state index in [1.807, 2.05) is 0 Å². The third kappa shape index (κ3) is 1.96.